The Morgan fingerprint density at radius 2 is 1.55 bits per heavy atom. The zero-order valence-electron chi connectivity index (χ0n) is 15.3. The van der Waals surface area contributed by atoms with E-state index >= 15 is 0 Å². The smallest absolute Gasteiger partial charge is 0.308 e. The molecule has 3 aromatic rings. The second-order valence-electron chi connectivity index (χ2n) is 6.06. The number of halogens is 6. The van der Waals surface area contributed by atoms with Gasteiger partial charge >= 0.3 is 12.2 Å². The van der Waals surface area contributed by atoms with Gasteiger partial charge in [-0.05, 0) is 42.5 Å². The molecule has 0 spiro atoms. The number of benzene rings is 3. The molecule has 2 amide bonds. The lowest BCUT2D eigenvalue weighted by molar-refractivity contribution is -0.137. The molecule has 0 fully saturated rings. The van der Waals surface area contributed by atoms with E-state index in [1.54, 1.807) is 12.1 Å². The number of rotatable bonds is 4. The van der Waals surface area contributed by atoms with E-state index in [9.17, 15) is 26.7 Å². The minimum atomic E-state index is -4.69. The van der Waals surface area contributed by atoms with Crippen molar-refractivity contribution in [3.8, 4) is 0 Å². The molecule has 0 saturated heterocycles. The van der Waals surface area contributed by atoms with Crippen molar-refractivity contribution in [3.63, 3.8) is 0 Å². The van der Waals surface area contributed by atoms with E-state index in [-0.39, 0.29) is 17.1 Å². The van der Waals surface area contributed by atoms with Crippen LogP contribution in [0.15, 0.2) is 70.9 Å². The number of azo groups is 1. The number of hydrogen-bond acceptors (Lipinski definition) is 3. The maximum absolute atomic E-state index is 13.7. The molecule has 31 heavy (non-hydrogen) atoms. The summed E-state index contributed by atoms with van der Waals surface area (Å²) in [6, 6.07) is 11.1. The van der Waals surface area contributed by atoms with Crippen molar-refractivity contribution in [2.24, 2.45) is 10.2 Å². The summed E-state index contributed by atoms with van der Waals surface area (Å²) in [6.45, 7) is 0. The summed E-state index contributed by atoms with van der Waals surface area (Å²) in [6.07, 6.45) is -4.69. The first-order chi connectivity index (χ1) is 14.6. The summed E-state index contributed by atoms with van der Waals surface area (Å²) in [4.78, 5) is 12.2. The van der Waals surface area contributed by atoms with Crippen molar-refractivity contribution < 1.29 is 26.7 Å². The molecule has 3 aromatic carbocycles. The molecule has 0 radical (unpaired) electrons. The molecular formula is C20H12ClF5N4O. The fourth-order valence-corrected chi connectivity index (χ4v) is 2.68. The molecule has 0 aliphatic carbocycles. The summed E-state index contributed by atoms with van der Waals surface area (Å²) in [5, 5.41) is 11.4. The number of carbonyl (C=O) groups excluding carboxylic acids is 1. The average molecular weight is 455 g/mol. The molecule has 160 valence electrons. The molecular weight excluding hydrogens is 443 g/mol. The lowest BCUT2D eigenvalue weighted by atomic mass is 10.2. The quantitative estimate of drug-likeness (QED) is 0.308. The van der Waals surface area contributed by atoms with Crippen LogP contribution in [0.4, 0.5) is 49.5 Å². The van der Waals surface area contributed by atoms with Crippen LogP contribution in [0.25, 0.3) is 0 Å². The van der Waals surface area contributed by atoms with Gasteiger partial charge in [-0.2, -0.15) is 13.2 Å². The summed E-state index contributed by atoms with van der Waals surface area (Å²) >= 11 is 5.55. The maximum atomic E-state index is 13.7. The van der Waals surface area contributed by atoms with Gasteiger partial charge in [0.1, 0.15) is 5.69 Å². The summed E-state index contributed by atoms with van der Waals surface area (Å²) in [5.41, 5.74) is -1.70. The first-order valence-electron chi connectivity index (χ1n) is 8.54. The van der Waals surface area contributed by atoms with E-state index in [1.165, 1.54) is 24.3 Å². The third-order valence-corrected chi connectivity index (χ3v) is 4.21. The first kappa shape index (κ1) is 22.2. The van der Waals surface area contributed by atoms with Crippen molar-refractivity contribution in [2.45, 2.75) is 6.18 Å². The Labute approximate surface area is 177 Å². The normalized spacial score (nSPS) is 11.5. The molecule has 0 unspecified atom stereocenters. The fraction of sp³-hybridized carbons (Fsp3) is 0.0500. The monoisotopic (exact) mass is 454 g/mol. The predicted molar refractivity (Wildman–Crippen MR) is 106 cm³/mol. The van der Waals surface area contributed by atoms with E-state index < -0.39 is 40.1 Å². The predicted octanol–water partition coefficient (Wildman–Crippen LogP) is 7.70. The fourth-order valence-electron chi connectivity index (χ4n) is 2.46. The van der Waals surface area contributed by atoms with Crippen molar-refractivity contribution in [1.29, 1.82) is 0 Å². The van der Waals surface area contributed by atoms with Gasteiger partial charge in [-0.3, -0.25) is 0 Å². The Bertz CT molecular complexity index is 1130. The highest BCUT2D eigenvalue weighted by atomic mass is 35.5. The minimum Gasteiger partial charge on any atom is -0.308 e. The summed E-state index contributed by atoms with van der Waals surface area (Å²) in [5.74, 6) is -1.84. The van der Waals surface area contributed by atoms with Gasteiger partial charge in [0.05, 0.1) is 16.3 Å². The highest BCUT2D eigenvalue weighted by Crippen LogP contribution is 2.36. The third-order valence-electron chi connectivity index (χ3n) is 3.88. The highest BCUT2D eigenvalue weighted by Gasteiger charge is 2.33. The molecule has 0 aliphatic heterocycles. The number of nitrogens with one attached hydrogen (secondary N) is 2. The van der Waals surface area contributed by atoms with Crippen molar-refractivity contribution >= 4 is 40.4 Å². The molecule has 0 heterocycles. The molecule has 0 aliphatic rings. The topological polar surface area (TPSA) is 65.8 Å². The molecule has 0 bridgehead atoms. The van der Waals surface area contributed by atoms with Crippen LogP contribution in [0.1, 0.15) is 5.56 Å². The Kier molecular flexibility index (Phi) is 6.50. The number of carbonyl (C=O) groups is 1. The minimum absolute atomic E-state index is 0.0624. The molecule has 2 N–H and O–H groups in total. The van der Waals surface area contributed by atoms with Gasteiger partial charge in [0, 0.05) is 5.69 Å². The Morgan fingerprint density at radius 1 is 0.871 bits per heavy atom. The lowest BCUT2D eigenvalue weighted by Gasteiger charge is -2.13. The van der Waals surface area contributed by atoms with Crippen LogP contribution in [0.2, 0.25) is 5.02 Å². The van der Waals surface area contributed by atoms with Gasteiger partial charge < -0.3 is 10.6 Å². The van der Waals surface area contributed by atoms with Crippen molar-refractivity contribution in [2.75, 3.05) is 10.6 Å². The number of hydrogen-bond donors (Lipinski definition) is 2. The van der Waals surface area contributed by atoms with Crippen LogP contribution >= 0.6 is 11.6 Å². The van der Waals surface area contributed by atoms with E-state index in [4.69, 9.17) is 11.6 Å². The van der Waals surface area contributed by atoms with Gasteiger partial charge in [-0.1, -0.05) is 29.8 Å². The zero-order chi connectivity index (χ0) is 22.6. The summed E-state index contributed by atoms with van der Waals surface area (Å²) in [7, 11) is 0. The van der Waals surface area contributed by atoms with Crippen LogP contribution in [0.3, 0.4) is 0 Å². The van der Waals surface area contributed by atoms with E-state index in [0.29, 0.717) is 6.07 Å². The van der Waals surface area contributed by atoms with Crippen LogP contribution in [-0.2, 0) is 6.18 Å². The lowest BCUT2D eigenvalue weighted by Crippen LogP contribution is -2.20. The Morgan fingerprint density at radius 3 is 2.23 bits per heavy atom. The van der Waals surface area contributed by atoms with Crippen LogP contribution < -0.4 is 10.6 Å². The van der Waals surface area contributed by atoms with Gasteiger partial charge in [-0.25, -0.2) is 13.6 Å². The number of anilines is 2. The van der Waals surface area contributed by atoms with E-state index in [2.05, 4.69) is 20.9 Å². The Hall–Kier alpha value is -3.53. The van der Waals surface area contributed by atoms with Crippen LogP contribution in [-0.4, -0.2) is 6.03 Å². The number of amides is 2. The second kappa shape index (κ2) is 9.09. The largest absolute Gasteiger partial charge is 0.417 e. The standard InChI is InChI=1S/C20H12ClF5N4O/c21-13-9-8-11(10-12(13)20(24,25)26)27-19(31)28-16-6-1-2-7-17(16)29-30-18-14(22)4-3-5-15(18)23/h1-10H,(H2,27,28,31)/b30-29+. The number of alkyl halides is 3. The van der Waals surface area contributed by atoms with E-state index in [0.717, 1.165) is 18.2 Å². The van der Waals surface area contributed by atoms with Gasteiger partial charge in [0.25, 0.3) is 0 Å². The van der Waals surface area contributed by atoms with E-state index in [1.807, 2.05) is 0 Å². The molecule has 5 nitrogen and oxygen atoms in total. The molecule has 11 heteroatoms. The molecule has 0 saturated carbocycles. The van der Waals surface area contributed by atoms with Crippen LogP contribution in [0.5, 0.6) is 0 Å². The molecule has 0 atom stereocenters. The van der Waals surface area contributed by atoms with Crippen molar-refractivity contribution in [1.82, 2.24) is 0 Å². The highest BCUT2D eigenvalue weighted by molar-refractivity contribution is 6.31. The average Bonchev–Trinajstić information content (AvgIpc) is 2.69. The molecule has 0 aromatic heterocycles. The third kappa shape index (κ3) is 5.54. The van der Waals surface area contributed by atoms with Gasteiger partial charge in [-0.15, -0.1) is 10.2 Å². The second-order valence-corrected chi connectivity index (χ2v) is 6.47. The van der Waals surface area contributed by atoms with Gasteiger partial charge in [0.15, 0.2) is 17.3 Å². The van der Waals surface area contributed by atoms with Gasteiger partial charge in [0.2, 0.25) is 0 Å². The number of para-hydroxylation sites is 1. The maximum Gasteiger partial charge on any atom is 0.417 e. The Balaban J connectivity index is 1.78. The summed E-state index contributed by atoms with van der Waals surface area (Å²) < 4.78 is 66.3. The first-order valence-corrected chi connectivity index (χ1v) is 8.92. The zero-order valence-corrected chi connectivity index (χ0v) is 16.1. The number of nitrogens with zero attached hydrogens (tertiary/aromatic N) is 2. The van der Waals surface area contributed by atoms with Crippen molar-refractivity contribution in [3.05, 3.63) is 82.9 Å². The molecule has 3 rings (SSSR count). The number of urea groups is 1. The SMILES string of the molecule is O=C(Nc1ccc(Cl)c(C(F)(F)F)c1)Nc1ccccc1/N=N/c1c(F)cccc1F. The van der Waals surface area contributed by atoms with Crippen LogP contribution in [0, 0.1) is 11.6 Å².